The average molecular weight is 477 g/mol. The van der Waals surface area contributed by atoms with Crippen molar-refractivity contribution in [2.45, 2.75) is 45.1 Å². The van der Waals surface area contributed by atoms with Gasteiger partial charge in [0.15, 0.2) is 0 Å². The summed E-state index contributed by atoms with van der Waals surface area (Å²) < 4.78 is 5.48. The first kappa shape index (κ1) is 26.6. The Morgan fingerprint density at radius 3 is 2.61 bits per heavy atom. The number of aliphatic carboxylic acids is 1. The molecular formula is C24H36N4O4S. The fourth-order valence-electron chi connectivity index (χ4n) is 3.36. The number of methoxy groups -OCH3 is 1. The van der Waals surface area contributed by atoms with E-state index in [0.717, 1.165) is 28.0 Å². The summed E-state index contributed by atoms with van der Waals surface area (Å²) in [5.74, 6) is 0.407. The Morgan fingerprint density at radius 1 is 1.27 bits per heavy atom. The molecule has 1 heterocycles. The van der Waals surface area contributed by atoms with Gasteiger partial charge in [0.1, 0.15) is 11.8 Å². The molecule has 0 unspecified atom stereocenters. The number of fused-ring (bicyclic) bond motifs is 1. The van der Waals surface area contributed by atoms with E-state index in [2.05, 4.69) is 48.4 Å². The van der Waals surface area contributed by atoms with E-state index < -0.39 is 18.0 Å². The lowest BCUT2D eigenvalue weighted by molar-refractivity contribution is -0.139. The van der Waals surface area contributed by atoms with Crippen LogP contribution in [-0.4, -0.2) is 67.4 Å². The van der Waals surface area contributed by atoms with Crippen LogP contribution >= 0.6 is 11.8 Å². The quantitative estimate of drug-likeness (QED) is 0.423. The van der Waals surface area contributed by atoms with Gasteiger partial charge in [-0.15, -0.1) is 0 Å². The number of benzene rings is 1. The second-order valence-electron chi connectivity index (χ2n) is 9.01. The largest absolute Gasteiger partial charge is 0.497 e. The molecule has 0 radical (unpaired) electrons. The number of thioether (sulfide) groups is 1. The van der Waals surface area contributed by atoms with Crippen molar-refractivity contribution < 1.29 is 19.4 Å². The number of carboxylic acids is 1. The zero-order valence-corrected chi connectivity index (χ0v) is 21.2. The minimum absolute atomic E-state index is 0.0646. The number of aromatic nitrogens is 1. The molecule has 0 fully saturated rings. The number of pyridine rings is 1. The molecule has 2 amide bonds. The van der Waals surface area contributed by atoms with Crippen molar-refractivity contribution in [1.82, 2.24) is 15.6 Å². The third-order valence-corrected chi connectivity index (χ3v) is 5.98. The number of anilines is 1. The van der Waals surface area contributed by atoms with Crippen LogP contribution in [0.5, 0.6) is 5.75 Å². The van der Waals surface area contributed by atoms with Crippen LogP contribution in [0.1, 0.15) is 39.3 Å². The maximum Gasteiger partial charge on any atom is 0.326 e. The van der Waals surface area contributed by atoms with E-state index in [1.54, 1.807) is 18.9 Å². The van der Waals surface area contributed by atoms with Gasteiger partial charge in [0.05, 0.1) is 18.3 Å². The fraction of sp³-hybridized carbons (Fsp3) is 0.542. The molecule has 8 nitrogen and oxygen atoms in total. The second-order valence-corrected chi connectivity index (χ2v) is 10.00. The minimum atomic E-state index is -1.02. The molecular weight excluding hydrogens is 440 g/mol. The number of hydrogen-bond donors (Lipinski definition) is 3. The van der Waals surface area contributed by atoms with E-state index in [9.17, 15) is 14.7 Å². The highest BCUT2D eigenvalue weighted by molar-refractivity contribution is 7.98. The Labute approximate surface area is 200 Å². The van der Waals surface area contributed by atoms with Crippen molar-refractivity contribution in [2.75, 3.05) is 44.2 Å². The number of carbonyl (C=O) groups excluding carboxylic acids is 1. The van der Waals surface area contributed by atoms with Gasteiger partial charge in [0.25, 0.3) is 0 Å². The van der Waals surface area contributed by atoms with E-state index in [1.165, 1.54) is 0 Å². The molecule has 9 heteroatoms. The standard InChI is InChI=1S/C24H36N4O4S/c1-24(2,3)20-9-8-16-14-17(32-5)15-19(21(16)27-20)28(4)12-7-11-25-23(31)26-18(22(29)30)10-13-33-6/h8-9,14-15,18H,7,10-13H2,1-6H3,(H,29,30)(H2,25,26,31)/t18-/m0/s1. The second kappa shape index (κ2) is 12.0. The average Bonchev–Trinajstić information content (AvgIpc) is 2.77. The van der Waals surface area contributed by atoms with Crippen LogP contribution < -0.4 is 20.3 Å². The first-order valence-electron chi connectivity index (χ1n) is 11.0. The van der Waals surface area contributed by atoms with Crippen molar-refractivity contribution in [2.24, 2.45) is 0 Å². The first-order chi connectivity index (χ1) is 15.6. The minimum Gasteiger partial charge on any atom is -0.497 e. The van der Waals surface area contributed by atoms with Gasteiger partial charge in [-0.05, 0) is 37.0 Å². The summed E-state index contributed by atoms with van der Waals surface area (Å²) in [6.07, 6.45) is 2.98. The number of hydrogen-bond acceptors (Lipinski definition) is 6. The van der Waals surface area contributed by atoms with Gasteiger partial charge in [-0.3, -0.25) is 4.98 Å². The maximum atomic E-state index is 12.1. The normalized spacial score (nSPS) is 12.3. The molecule has 2 rings (SSSR count). The molecule has 0 aliphatic carbocycles. The number of nitrogens with zero attached hydrogens (tertiary/aromatic N) is 2. The number of nitrogens with one attached hydrogen (secondary N) is 2. The Morgan fingerprint density at radius 2 is 2.00 bits per heavy atom. The van der Waals surface area contributed by atoms with Crippen molar-refractivity contribution in [1.29, 1.82) is 0 Å². The molecule has 1 atom stereocenters. The van der Waals surface area contributed by atoms with Gasteiger partial charge in [0, 0.05) is 42.7 Å². The van der Waals surface area contributed by atoms with Crippen molar-refractivity contribution >= 4 is 40.4 Å². The van der Waals surface area contributed by atoms with Crippen molar-refractivity contribution in [3.63, 3.8) is 0 Å². The van der Waals surface area contributed by atoms with Crippen molar-refractivity contribution in [3.8, 4) is 5.75 Å². The Bertz CT molecular complexity index is 961. The molecule has 0 aliphatic heterocycles. The number of urea groups is 1. The Balaban J connectivity index is 2.03. The summed E-state index contributed by atoms with van der Waals surface area (Å²) in [7, 11) is 3.64. The lowest BCUT2D eigenvalue weighted by Crippen LogP contribution is -2.46. The zero-order valence-electron chi connectivity index (χ0n) is 20.4. The summed E-state index contributed by atoms with van der Waals surface area (Å²) in [6, 6.07) is 6.74. The molecule has 0 spiro atoms. The third kappa shape index (κ3) is 7.70. The van der Waals surface area contributed by atoms with E-state index in [0.29, 0.717) is 31.7 Å². The summed E-state index contributed by atoms with van der Waals surface area (Å²) in [5, 5.41) is 15.5. The summed E-state index contributed by atoms with van der Waals surface area (Å²) in [4.78, 5) is 30.4. The number of carbonyl (C=O) groups is 2. The Hall–Kier alpha value is -2.68. The van der Waals surface area contributed by atoms with Crippen LogP contribution in [0.4, 0.5) is 10.5 Å². The molecule has 1 aromatic carbocycles. The highest BCUT2D eigenvalue weighted by Crippen LogP contribution is 2.32. The summed E-state index contributed by atoms with van der Waals surface area (Å²) >= 11 is 1.55. The van der Waals surface area contributed by atoms with Gasteiger partial charge in [-0.1, -0.05) is 26.8 Å². The van der Waals surface area contributed by atoms with Crippen LogP contribution in [0.15, 0.2) is 24.3 Å². The molecule has 0 saturated heterocycles. The predicted octanol–water partition coefficient (Wildman–Crippen LogP) is 3.87. The topological polar surface area (TPSA) is 104 Å². The van der Waals surface area contributed by atoms with Gasteiger partial charge in [-0.2, -0.15) is 11.8 Å². The van der Waals surface area contributed by atoms with Crippen molar-refractivity contribution in [3.05, 3.63) is 30.0 Å². The number of amides is 2. The van der Waals surface area contributed by atoms with Gasteiger partial charge >= 0.3 is 12.0 Å². The summed E-state index contributed by atoms with van der Waals surface area (Å²) in [6.45, 7) is 7.52. The SMILES string of the molecule is COc1cc(N(C)CCCNC(=O)N[C@@H](CCSC)C(=O)O)c2nc(C(C)(C)C)ccc2c1. The van der Waals surface area contributed by atoms with Crippen LogP contribution in [0.25, 0.3) is 10.9 Å². The number of ether oxygens (including phenoxy) is 1. The highest BCUT2D eigenvalue weighted by Gasteiger charge is 2.20. The lowest BCUT2D eigenvalue weighted by Gasteiger charge is -2.24. The van der Waals surface area contributed by atoms with Crippen LogP contribution in [-0.2, 0) is 10.2 Å². The predicted molar refractivity (Wildman–Crippen MR) is 136 cm³/mol. The number of rotatable bonds is 11. The van der Waals surface area contributed by atoms with E-state index in [4.69, 9.17) is 9.72 Å². The zero-order chi connectivity index (χ0) is 24.6. The fourth-order valence-corrected chi connectivity index (χ4v) is 3.83. The maximum absolute atomic E-state index is 12.1. The molecule has 0 bridgehead atoms. The highest BCUT2D eigenvalue weighted by atomic mass is 32.2. The molecule has 0 saturated carbocycles. The summed E-state index contributed by atoms with van der Waals surface area (Å²) in [5.41, 5.74) is 2.82. The number of carboxylic acid groups (broad SMARTS) is 1. The third-order valence-electron chi connectivity index (χ3n) is 5.33. The Kier molecular flexibility index (Phi) is 9.64. The van der Waals surface area contributed by atoms with Gasteiger partial charge in [0.2, 0.25) is 0 Å². The van der Waals surface area contributed by atoms with Gasteiger partial charge < -0.3 is 25.4 Å². The lowest BCUT2D eigenvalue weighted by atomic mass is 9.91. The first-order valence-corrected chi connectivity index (χ1v) is 12.4. The monoisotopic (exact) mass is 476 g/mol. The van der Waals surface area contributed by atoms with E-state index in [-0.39, 0.29) is 5.41 Å². The van der Waals surface area contributed by atoms with Crippen LogP contribution in [0.2, 0.25) is 0 Å². The molecule has 0 aliphatic rings. The van der Waals surface area contributed by atoms with Crippen LogP contribution in [0.3, 0.4) is 0 Å². The van der Waals surface area contributed by atoms with Crippen LogP contribution in [0, 0.1) is 0 Å². The smallest absolute Gasteiger partial charge is 0.326 e. The molecule has 182 valence electrons. The molecule has 1 aromatic heterocycles. The molecule has 33 heavy (non-hydrogen) atoms. The van der Waals surface area contributed by atoms with E-state index in [1.807, 2.05) is 25.4 Å². The molecule has 2 aromatic rings. The van der Waals surface area contributed by atoms with E-state index >= 15 is 0 Å². The van der Waals surface area contributed by atoms with Gasteiger partial charge in [-0.25, -0.2) is 9.59 Å². The molecule has 3 N–H and O–H groups in total.